The van der Waals surface area contributed by atoms with Crippen molar-refractivity contribution in [2.75, 3.05) is 0 Å². The van der Waals surface area contributed by atoms with Gasteiger partial charge in [-0.05, 0) is 6.92 Å². The zero-order valence-corrected chi connectivity index (χ0v) is 5.76. The second-order valence-electron chi connectivity index (χ2n) is 1.83. The summed E-state index contributed by atoms with van der Waals surface area (Å²) in [6, 6.07) is -0.370. The van der Waals surface area contributed by atoms with Gasteiger partial charge in [-0.15, -0.1) is 0 Å². The van der Waals surface area contributed by atoms with Gasteiger partial charge in [0.1, 0.15) is 0 Å². The lowest BCUT2D eigenvalue weighted by Gasteiger charge is -2.23. The van der Waals surface area contributed by atoms with E-state index < -0.39 is 15.0 Å². The Balaban J connectivity index is 3.71. The summed E-state index contributed by atoms with van der Waals surface area (Å²) in [5, 5.41) is -1.10. The molecule has 5 heteroatoms. The van der Waals surface area contributed by atoms with Crippen LogP contribution in [0.5, 0.6) is 0 Å². The Kier molecular flexibility index (Phi) is 2.58. The van der Waals surface area contributed by atoms with Crippen LogP contribution in [0.2, 0.25) is 0 Å². The van der Waals surface area contributed by atoms with Gasteiger partial charge in [-0.3, -0.25) is 0 Å². The molecule has 0 saturated heterocycles. The van der Waals surface area contributed by atoms with Crippen molar-refractivity contribution < 1.29 is 4.80 Å². The molecule has 7 N–H and O–H groups in total. The Morgan fingerprint density at radius 3 is 2.00 bits per heavy atom. The first-order valence-corrected chi connectivity index (χ1v) is 3.20. The average molecular weight is 133 g/mol. The zero-order chi connectivity index (χ0) is 6.78. The van der Waals surface area contributed by atoms with Gasteiger partial charge in [0.05, 0.1) is 5.29 Å². The smallest absolute Gasteiger partial charge is 0.266 e. The second-order valence-corrected chi connectivity index (χ2v) is 2.92. The predicted molar refractivity (Wildman–Crippen MR) is 32.7 cm³/mol. The molecule has 0 aromatic heterocycles. The van der Waals surface area contributed by atoms with Gasteiger partial charge in [0.15, 0.2) is 0 Å². The van der Waals surface area contributed by atoms with Crippen molar-refractivity contribution in [3.63, 3.8) is 0 Å². The SMILES string of the molecule is CC(N)C(N)(N)[Si]O. The molecular weight excluding hydrogens is 122 g/mol. The van der Waals surface area contributed by atoms with Crippen LogP contribution in [0, 0.1) is 0 Å². The summed E-state index contributed by atoms with van der Waals surface area (Å²) in [4.78, 5) is 8.46. The molecule has 0 rings (SSSR count). The van der Waals surface area contributed by atoms with Gasteiger partial charge in [0.25, 0.3) is 9.76 Å². The first-order chi connectivity index (χ1) is 3.50. The highest BCUT2D eigenvalue weighted by atomic mass is 28.2. The molecule has 0 aliphatic rings. The number of nitrogens with two attached hydrogens (primary N) is 3. The summed E-state index contributed by atoms with van der Waals surface area (Å²) in [6.45, 7) is 1.66. The summed E-state index contributed by atoms with van der Waals surface area (Å²) in [7, 11) is -0.505. The Morgan fingerprint density at radius 2 is 2.00 bits per heavy atom. The van der Waals surface area contributed by atoms with E-state index >= 15 is 0 Å². The third kappa shape index (κ3) is 1.89. The van der Waals surface area contributed by atoms with Crippen LogP contribution in [-0.4, -0.2) is 25.9 Å². The minimum atomic E-state index is -1.10. The van der Waals surface area contributed by atoms with Gasteiger partial charge in [0.2, 0.25) is 0 Å². The molecule has 0 saturated carbocycles. The molecule has 8 heavy (non-hydrogen) atoms. The van der Waals surface area contributed by atoms with Crippen LogP contribution in [0.15, 0.2) is 0 Å². The summed E-state index contributed by atoms with van der Waals surface area (Å²) in [5.74, 6) is 0. The van der Waals surface area contributed by atoms with Gasteiger partial charge >= 0.3 is 0 Å². The first-order valence-electron chi connectivity index (χ1n) is 2.25. The van der Waals surface area contributed by atoms with Crippen molar-refractivity contribution in [3.8, 4) is 0 Å². The van der Waals surface area contributed by atoms with Crippen molar-refractivity contribution in [1.82, 2.24) is 0 Å². The number of hydrogen-bond donors (Lipinski definition) is 4. The maximum atomic E-state index is 8.46. The Morgan fingerprint density at radius 1 is 1.62 bits per heavy atom. The lowest BCUT2D eigenvalue weighted by Crippen LogP contribution is -2.65. The first kappa shape index (κ1) is 8.06. The Hall–Kier alpha value is 0.0569. The lowest BCUT2D eigenvalue weighted by atomic mass is 10.3. The fourth-order valence-corrected chi connectivity index (χ4v) is 0.305. The second kappa shape index (κ2) is 2.56. The van der Waals surface area contributed by atoms with E-state index in [0.29, 0.717) is 0 Å². The number of hydrogen-bond acceptors (Lipinski definition) is 4. The van der Waals surface area contributed by atoms with Gasteiger partial charge in [-0.25, -0.2) is 0 Å². The molecule has 0 bridgehead atoms. The van der Waals surface area contributed by atoms with Crippen LogP contribution in [0.1, 0.15) is 6.92 Å². The van der Waals surface area contributed by atoms with Gasteiger partial charge in [-0.1, -0.05) is 0 Å². The minimum absolute atomic E-state index is 0.370. The normalized spacial score (nSPS) is 16.1. The van der Waals surface area contributed by atoms with Crippen molar-refractivity contribution in [3.05, 3.63) is 0 Å². The average Bonchev–Trinajstić information content (AvgIpc) is 1.67. The van der Waals surface area contributed by atoms with Crippen molar-refractivity contribution >= 4 is 9.76 Å². The van der Waals surface area contributed by atoms with Crippen molar-refractivity contribution in [2.24, 2.45) is 17.2 Å². The van der Waals surface area contributed by atoms with E-state index in [4.69, 9.17) is 22.0 Å². The summed E-state index contributed by atoms with van der Waals surface area (Å²) >= 11 is 0. The summed E-state index contributed by atoms with van der Waals surface area (Å²) < 4.78 is 0. The molecule has 0 spiro atoms. The standard InChI is InChI=1S/C3H11N3OSi/c1-2(4)3(5,6)8-7/h2,7H,4-6H2,1H3. The fourth-order valence-electron chi connectivity index (χ4n) is 0.102. The Labute approximate surface area is 51.0 Å². The molecular formula is C3H11N3OSi. The van der Waals surface area contributed by atoms with Crippen LogP contribution >= 0.6 is 0 Å². The zero-order valence-electron chi connectivity index (χ0n) is 4.76. The molecule has 1 atom stereocenters. The predicted octanol–water partition coefficient (Wildman–Crippen LogP) is -2.48. The molecule has 0 fully saturated rings. The van der Waals surface area contributed by atoms with E-state index in [1.165, 1.54) is 0 Å². The molecule has 2 radical (unpaired) electrons. The maximum Gasteiger partial charge on any atom is 0.266 e. The highest BCUT2D eigenvalue weighted by Gasteiger charge is 2.24. The largest absolute Gasteiger partial charge is 0.429 e. The summed E-state index contributed by atoms with van der Waals surface area (Å²) in [5.41, 5.74) is 15.8. The molecule has 0 amide bonds. The quantitative estimate of drug-likeness (QED) is 0.247. The molecule has 1 unspecified atom stereocenters. The third-order valence-electron chi connectivity index (χ3n) is 0.947. The van der Waals surface area contributed by atoms with E-state index in [2.05, 4.69) is 0 Å². The third-order valence-corrected chi connectivity index (χ3v) is 1.79. The van der Waals surface area contributed by atoms with Crippen LogP contribution in [0.25, 0.3) is 0 Å². The van der Waals surface area contributed by atoms with Crippen molar-refractivity contribution in [1.29, 1.82) is 0 Å². The number of rotatable bonds is 2. The van der Waals surface area contributed by atoms with E-state index in [-0.39, 0.29) is 6.04 Å². The molecule has 0 aromatic rings. The monoisotopic (exact) mass is 133 g/mol. The van der Waals surface area contributed by atoms with Crippen LogP contribution in [0.3, 0.4) is 0 Å². The topological polar surface area (TPSA) is 98.3 Å². The van der Waals surface area contributed by atoms with Crippen LogP contribution < -0.4 is 17.2 Å². The van der Waals surface area contributed by atoms with Crippen LogP contribution in [0.4, 0.5) is 0 Å². The van der Waals surface area contributed by atoms with Gasteiger partial charge in [0, 0.05) is 6.04 Å². The highest BCUT2D eigenvalue weighted by molar-refractivity contribution is 6.30. The molecule has 48 valence electrons. The summed E-state index contributed by atoms with van der Waals surface area (Å²) in [6.07, 6.45) is 0. The molecule has 0 aliphatic carbocycles. The van der Waals surface area contributed by atoms with E-state index in [0.717, 1.165) is 0 Å². The fraction of sp³-hybridized carbons (Fsp3) is 1.00. The lowest BCUT2D eigenvalue weighted by molar-refractivity contribution is 0.449. The molecule has 0 heterocycles. The highest BCUT2D eigenvalue weighted by Crippen LogP contribution is 1.89. The van der Waals surface area contributed by atoms with E-state index in [1.54, 1.807) is 6.92 Å². The molecule has 4 nitrogen and oxygen atoms in total. The van der Waals surface area contributed by atoms with Crippen molar-refractivity contribution in [2.45, 2.75) is 18.3 Å². The minimum Gasteiger partial charge on any atom is -0.429 e. The van der Waals surface area contributed by atoms with E-state index in [1.807, 2.05) is 0 Å². The van der Waals surface area contributed by atoms with Crippen LogP contribution in [-0.2, 0) is 0 Å². The molecule has 0 aromatic carbocycles. The molecule has 0 aliphatic heterocycles. The van der Waals surface area contributed by atoms with Gasteiger partial charge < -0.3 is 22.0 Å². The van der Waals surface area contributed by atoms with Gasteiger partial charge in [-0.2, -0.15) is 0 Å². The Bertz CT molecular complexity index is 74.9. The maximum absolute atomic E-state index is 8.46. The van der Waals surface area contributed by atoms with E-state index in [9.17, 15) is 0 Å².